The second-order valence-corrected chi connectivity index (χ2v) is 5.68. The maximum Gasteiger partial charge on any atom is 0.126 e. The van der Waals surface area contributed by atoms with Gasteiger partial charge >= 0.3 is 0 Å². The summed E-state index contributed by atoms with van der Waals surface area (Å²) >= 11 is 1.87. The molecule has 0 aliphatic rings. The van der Waals surface area contributed by atoms with Crippen molar-refractivity contribution in [2.75, 3.05) is 5.75 Å². The molecule has 0 aromatic heterocycles. The molecule has 1 aromatic rings. The van der Waals surface area contributed by atoms with Gasteiger partial charge in [0.2, 0.25) is 0 Å². The van der Waals surface area contributed by atoms with E-state index in [4.69, 9.17) is 5.84 Å². The van der Waals surface area contributed by atoms with E-state index in [1.807, 2.05) is 23.9 Å². The SMILES string of the molecule is CCC(C)SCC(Cc1ccccc1F)NN. The van der Waals surface area contributed by atoms with Gasteiger partial charge in [-0.15, -0.1) is 0 Å². The molecule has 0 fully saturated rings. The minimum absolute atomic E-state index is 0.117. The van der Waals surface area contributed by atoms with Crippen LogP contribution in [-0.4, -0.2) is 17.0 Å². The summed E-state index contributed by atoms with van der Waals surface area (Å²) in [5.41, 5.74) is 3.49. The van der Waals surface area contributed by atoms with Gasteiger partial charge in [-0.1, -0.05) is 32.0 Å². The van der Waals surface area contributed by atoms with Crippen molar-refractivity contribution in [3.63, 3.8) is 0 Å². The summed E-state index contributed by atoms with van der Waals surface area (Å²) in [6.07, 6.45) is 1.77. The molecule has 0 heterocycles. The predicted octanol–water partition coefficient (Wildman–Crippen LogP) is 2.73. The number of benzene rings is 1. The summed E-state index contributed by atoms with van der Waals surface area (Å²) in [4.78, 5) is 0. The Labute approximate surface area is 107 Å². The number of hydrogen-bond donors (Lipinski definition) is 2. The number of thioether (sulfide) groups is 1. The lowest BCUT2D eigenvalue weighted by molar-refractivity contribution is 0.546. The van der Waals surface area contributed by atoms with Crippen LogP contribution in [0.2, 0.25) is 0 Å². The average Bonchev–Trinajstić information content (AvgIpc) is 2.36. The van der Waals surface area contributed by atoms with Crippen LogP contribution in [0.4, 0.5) is 4.39 Å². The monoisotopic (exact) mass is 256 g/mol. The standard InChI is InChI=1S/C13H21FN2S/c1-3-10(2)17-9-12(16-15)8-11-6-4-5-7-13(11)14/h4-7,10,12,16H,3,8-9,15H2,1-2H3. The molecule has 0 spiro atoms. The van der Waals surface area contributed by atoms with E-state index in [9.17, 15) is 4.39 Å². The minimum Gasteiger partial charge on any atom is -0.271 e. The van der Waals surface area contributed by atoms with Crippen molar-refractivity contribution in [3.8, 4) is 0 Å². The normalized spacial score (nSPS) is 14.6. The van der Waals surface area contributed by atoms with Crippen molar-refractivity contribution in [1.29, 1.82) is 0 Å². The molecule has 0 amide bonds. The molecule has 2 unspecified atom stereocenters. The maximum absolute atomic E-state index is 13.5. The smallest absolute Gasteiger partial charge is 0.126 e. The zero-order valence-electron chi connectivity index (χ0n) is 10.4. The number of rotatable bonds is 7. The largest absolute Gasteiger partial charge is 0.271 e. The van der Waals surface area contributed by atoms with Crippen LogP contribution < -0.4 is 11.3 Å². The van der Waals surface area contributed by atoms with Crippen LogP contribution >= 0.6 is 11.8 Å². The van der Waals surface area contributed by atoms with Crippen molar-refractivity contribution in [1.82, 2.24) is 5.43 Å². The Bertz CT molecular complexity index is 333. The molecule has 17 heavy (non-hydrogen) atoms. The summed E-state index contributed by atoms with van der Waals surface area (Å²) in [5, 5.41) is 0.617. The van der Waals surface area contributed by atoms with E-state index in [0.29, 0.717) is 11.7 Å². The van der Waals surface area contributed by atoms with Gasteiger partial charge in [0.25, 0.3) is 0 Å². The molecule has 4 heteroatoms. The van der Waals surface area contributed by atoms with Crippen LogP contribution in [0.25, 0.3) is 0 Å². The molecule has 0 radical (unpaired) electrons. The lowest BCUT2D eigenvalue weighted by atomic mass is 10.1. The highest BCUT2D eigenvalue weighted by Gasteiger charge is 2.12. The molecule has 0 saturated carbocycles. The highest BCUT2D eigenvalue weighted by Crippen LogP contribution is 2.17. The first kappa shape index (κ1) is 14.5. The Morgan fingerprint density at radius 3 is 2.71 bits per heavy atom. The van der Waals surface area contributed by atoms with Gasteiger partial charge < -0.3 is 0 Å². The Morgan fingerprint density at radius 2 is 2.12 bits per heavy atom. The first-order chi connectivity index (χ1) is 8.17. The molecule has 0 saturated heterocycles. The van der Waals surface area contributed by atoms with Crippen molar-refractivity contribution >= 4 is 11.8 Å². The van der Waals surface area contributed by atoms with Crippen molar-refractivity contribution in [2.24, 2.45) is 5.84 Å². The Morgan fingerprint density at radius 1 is 1.41 bits per heavy atom. The molecular weight excluding hydrogens is 235 g/mol. The van der Waals surface area contributed by atoms with Gasteiger partial charge in [-0.3, -0.25) is 11.3 Å². The van der Waals surface area contributed by atoms with E-state index in [-0.39, 0.29) is 11.9 Å². The van der Waals surface area contributed by atoms with Gasteiger partial charge in [0.15, 0.2) is 0 Å². The lowest BCUT2D eigenvalue weighted by Gasteiger charge is -2.18. The molecular formula is C13H21FN2S. The average molecular weight is 256 g/mol. The second kappa shape index (κ2) is 7.69. The quantitative estimate of drug-likeness (QED) is 0.582. The highest BCUT2D eigenvalue weighted by molar-refractivity contribution is 7.99. The van der Waals surface area contributed by atoms with Crippen LogP contribution in [0, 0.1) is 5.82 Å². The van der Waals surface area contributed by atoms with Gasteiger partial charge in [0.05, 0.1) is 0 Å². The molecule has 0 aliphatic heterocycles. The predicted molar refractivity (Wildman–Crippen MR) is 73.4 cm³/mol. The third kappa shape index (κ3) is 5.06. The van der Waals surface area contributed by atoms with Crippen LogP contribution in [0.3, 0.4) is 0 Å². The molecule has 1 rings (SSSR count). The van der Waals surface area contributed by atoms with E-state index in [1.54, 1.807) is 6.07 Å². The van der Waals surface area contributed by atoms with Crippen molar-refractivity contribution in [2.45, 2.75) is 38.0 Å². The van der Waals surface area contributed by atoms with Gasteiger partial charge in [-0.2, -0.15) is 11.8 Å². The van der Waals surface area contributed by atoms with Crippen LogP contribution in [0.15, 0.2) is 24.3 Å². The number of hydrogen-bond acceptors (Lipinski definition) is 3. The summed E-state index contributed by atoms with van der Waals surface area (Å²) in [6.45, 7) is 4.36. The second-order valence-electron chi connectivity index (χ2n) is 4.21. The van der Waals surface area contributed by atoms with E-state index < -0.39 is 0 Å². The molecule has 3 N–H and O–H groups in total. The molecule has 2 atom stereocenters. The van der Waals surface area contributed by atoms with Gasteiger partial charge in [-0.25, -0.2) is 4.39 Å². The van der Waals surface area contributed by atoms with Gasteiger partial charge in [0, 0.05) is 17.0 Å². The minimum atomic E-state index is -0.152. The maximum atomic E-state index is 13.5. The Balaban J connectivity index is 2.49. The van der Waals surface area contributed by atoms with Crippen LogP contribution in [0.5, 0.6) is 0 Å². The topological polar surface area (TPSA) is 38.0 Å². The zero-order valence-corrected chi connectivity index (χ0v) is 11.3. The van der Waals surface area contributed by atoms with E-state index in [0.717, 1.165) is 17.7 Å². The van der Waals surface area contributed by atoms with Crippen molar-refractivity contribution in [3.05, 3.63) is 35.6 Å². The van der Waals surface area contributed by atoms with Gasteiger partial charge in [-0.05, 0) is 24.5 Å². The summed E-state index contributed by atoms with van der Waals surface area (Å²) in [5.74, 6) is 6.26. The van der Waals surface area contributed by atoms with Gasteiger partial charge in [0.1, 0.15) is 5.82 Å². The van der Waals surface area contributed by atoms with Crippen LogP contribution in [-0.2, 0) is 6.42 Å². The lowest BCUT2D eigenvalue weighted by Crippen LogP contribution is -2.39. The molecule has 1 aromatic carbocycles. The summed E-state index contributed by atoms with van der Waals surface area (Å²) in [6, 6.07) is 6.98. The third-order valence-corrected chi connectivity index (χ3v) is 4.31. The number of nitrogens with two attached hydrogens (primary N) is 1. The molecule has 96 valence electrons. The van der Waals surface area contributed by atoms with E-state index in [1.165, 1.54) is 6.07 Å². The fraction of sp³-hybridized carbons (Fsp3) is 0.538. The van der Waals surface area contributed by atoms with E-state index in [2.05, 4.69) is 19.3 Å². The summed E-state index contributed by atoms with van der Waals surface area (Å²) in [7, 11) is 0. The van der Waals surface area contributed by atoms with E-state index >= 15 is 0 Å². The van der Waals surface area contributed by atoms with Crippen LogP contribution in [0.1, 0.15) is 25.8 Å². The third-order valence-electron chi connectivity index (χ3n) is 2.82. The van der Waals surface area contributed by atoms with Crippen molar-refractivity contribution < 1.29 is 4.39 Å². The first-order valence-corrected chi connectivity index (χ1v) is 7.03. The number of hydrazine groups is 1. The molecule has 0 bridgehead atoms. The summed E-state index contributed by atoms with van der Waals surface area (Å²) < 4.78 is 13.5. The Hall–Kier alpha value is -0.580. The Kier molecular flexibility index (Phi) is 6.55. The number of halogens is 1. The number of nitrogens with one attached hydrogen (secondary N) is 1. The molecule has 2 nitrogen and oxygen atoms in total. The highest BCUT2D eigenvalue weighted by atomic mass is 32.2. The zero-order chi connectivity index (χ0) is 12.7. The first-order valence-electron chi connectivity index (χ1n) is 5.98. The molecule has 0 aliphatic carbocycles. The fourth-order valence-corrected chi connectivity index (χ4v) is 2.50. The fourth-order valence-electron chi connectivity index (χ4n) is 1.49.